The summed E-state index contributed by atoms with van der Waals surface area (Å²) in [7, 11) is 4.98. The van der Waals surface area contributed by atoms with Crippen molar-refractivity contribution in [1.82, 2.24) is 14.5 Å². The third-order valence-electron chi connectivity index (χ3n) is 3.98. The number of thioether (sulfide) groups is 1. The predicted molar refractivity (Wildman–Crippen MR) is 100 cm³/mol. The average Bonchev–Trinajstić information content (AvgIpc) is 3.28. The molecule has 2 aromatic heterocycles. The molecular formula is C19H20FN3O3S. The van der Waals surface area contributed by atoms with Gasteiger partial charge in [-0.2, -0.15) is 0 Å². The third kappa shape index (κ3) is 4.51. The van der Waals surface area contributed by atoms with Gasteiger partial charge in [-0.25, -0.2) is 9.37 Å². The lowest BCUT2D eigenvalue weighted by Gasteiger charge is -2.16. The van der Waals surface area contributed by atoms with Crippen molar-refractivity contribution >= 4 is 17.7 Å². The highest BCUT2D eigenvalue weighted by Crippen LogP contribution is 2.23. The van der Waals surface area contributed by atoms with Crippen molar-refractivity contribution in [2.45, 2.75) is 17.5 Å². The molecule has 0 bridgehead atoms. The Morgan fingerprint density at radius 2 is 2.19 bits per heavy atom. The maximum Gasteiger partial charge on any atom is 0.289 e. The number of aryl methyl sites for hydroxylation is 1. The molecule has 1 aromatic carbocycles. The molecule has 0 saturated heterocycles. The van der Waals surface area contributed by atoms with Crippen LogP contribution in [-0.2, 0) is 19.3 Å². The van der Waals surface area contributed by atoms with Crippen LogP contribution in [0.5, 0.6) is 5.75 Å². The normalized spacial score (nSPS) is 10.8. The first-order valence-corrected chi connectivity index (χ1v) is 9.23. The lowest BCUT2D eigenvalue weighted by atomic mass is 10.2. The van der Waals surface area contributed by atoms with Crippen LogP contribution in [0, 0.1) is 5.82 Å². The molecule has 6 nitrogen and oxygen atoms in total. The molecule has 3 rings (SSSR count). The highest BCUT2D eigenvalue weighted by Gasteiger charge is 2.17. The molecule has 0 atom stereocenters. The van der Waals surface area contributed by atoms with Gasteiger partial charge in [0.05, 0.1) is 12.9 Å². The van der Waals surface area contributed by atoms with Gasteiger partial charge in [0.2, 0.25) is 0 Å². The molecule has 1 amide bonds. The van der Waals surface area contributed by atoms with Crippen LogP contribution < -0.4 is 4.74 Å². The molecule has 0 aliphatic heterocycles. The number of rotatable bonds is 7. The summed E-state index contributed by atoms with van der Waals surface area (Å²) in [5, 5.41) is 0.873. The molecular weight excluding hydrogens is 369 g/mol. The second-order valence-electron chi connectivity index (χ2n) is 6.01. The molecule has 27 heavy (non-hydrogen) atoms. The van der Waals surface area contributed by atoms with Crippen LogP contribution in [0.25, 0.3) is 0 Å². The number of amides is 1. The summed E-state index contributed by atoms with van der Waals surface area (Å²) < 4.78 is 26.3. The minimum Gasteiger partial charge on any atom is -0.494 e. The van der Waals surface area contributed by atoms with Gasteiger partial charge < -0.3 is 18.6 Å². The summed E-state index contributed by atoms with van der Waals surface area (Å²) in [4.78, 5) is 18.3. The van der Waals surface area contributed by atoms with Gasteiger partial charge in [0, 0.05) is 33.0 Å². The van der Waals surface area contributed by atoms with Gasteiger partial charge in [-0.3, -0.25) is 4.79 Å². The van der Waals surface area contributed by atoms with Gasteiger partial charge in [-0.05, 0) is 29.8 Å². The molecule has 0 radical (unpaired) electrons. The molecule has 0 unspecified atom stereocenters. The van der Waals surface area contributed by atoms with E-state index in [-0.39, 0.29) is 24.0 Å². The van der Waals surface area contributed by atoms with E-state index in [1.54, 1.807) is 37.5 Å². The Kier molecular flexibility index (Phi) is 5.85. The molecule has 0 N–H and O–H groups in total. The number of carbonyl (C=O) groups is 1. The van der Waals surface area contributed by atoms with Crippen LogP contribution >= 0.6 is 11.8 Å². The third-order valence-corrected chi connectivity index (χ3v) is 5.06. The van der Waals surface area contributed by atoms with E-state index in [9.17, 15) is 9.18 Å². The number of carbonyl (C=O) groups excluding carboxylic acids is 1. The fourth-order valence-electron chi connectivity index (χ4n) is 2.54. The Balaban J connectivity index is 1.61. The van der Waals surface area contributed by atoms with Gasteiger partial charge in [-0.15, -0.1) is 0 Å². The SMILES string of the molecule is COc1ccc(CN(C)C(=O)c2ccc(CSc3nccn3C)o2)cc1F. The van der Waals surface area contributed by atoms with E-state index >= 15 is 0 Å². The number of hydrogen-bond donors (Lipinski definition) is 0. The average molecular weight is 389 g/mol. The fraction of sp³-hybridized carbons (Fsp3) is 0.263. The van der Waals surface area contributed by atoms with Crippen LogP contribution in [0.2, 0.25) is 0 Å². The van der Waals surface area contributed by atoms with Crippen LogP contribution in [0.3, 0.4) is 0 Å². The van der Waals surface area contributed by atoms with Gasteiger partial charge in [-0.1, -0.05) is 17.8 Å². The number of hydrogen-bond acceptors (Lipinski definition) is 5. The van der Waals surface area contributed by atoms with Gasteiger partial charge in [0.1, 0.15) is 5.76 Å². The van der Waals surface area contributed by atoms with E-state index in [2.05, 4.69) is 4.98 Å². The molecule has 0 aliphatic rings. The van der Waals surface area contributed by atoms with Gasteiger partial charge >= 0.3 is 0 Å². The minimum atomic E-state index is -0.456. The number of imidazole rings is 1. The smallest absolute Gasteiger partial charge is 0.289 e. The lowest BCUT2D eigenvalue weighted by Crippen LogP contribution is -2.25. The number of benzene rings is 1. The molecule has 0 aliphatic carbocycles. The molecule has 8 heteroatoms. The Bertz CT molecular complexity index is 938. The molecule has 3 aromatic rings. The van der Waals surface area contributed by atoms with E-state index in [1.807, 2.05) is 17.8 Å². The highest BCUT2D eigenvalue weighted by atomic mass is 32.2. The number of furan rings is 1. The molecule has 0 spiro atoms. The standard InChI is InChI=1S/C19H20FN3O3S/c1-22-9-8-21-19(22)27-12-14-5-7-17(26-14)18(24)23(2)11-13-4-6-16(25-3)15(20)10-13/h4-10H,11-12H2,1-3H3. The number of ether oxygens (including phenoxy) is 1. The van der Waals surface area contributed by atoms with Crippen LogP contribution in [0.1, 0.15) is 21.9 Å². The summed E-state index contributed by atoms with van der Waals surface area (Å²) >= 11 is 1.53. The minimum absolute atomic E-state index is 0.175. The Morgan fingerprint density at radius 1 is 1.37 bits per heavy atom. The summed E-state index contributed by atoms with van der Waals surface area (Å²) in [6.45, 7) is 0.262. The van der Waals surface area contributed by atoms with Crippen molar-refractivity contribution in [3.05, 3.63) is 65.6 Å². The predicted octanol–water partition coefficient (Wildman–Crippen LogP) is 3.73. The van der Waals surface area contributed by atoms with Gasteiger partial charge in [0.25, 0.3) is 5.91 Å². The maximum atomic E-state index is 13.8. The zero-order valence-corrected chi connectivity index (χ0v) is 16.1. The monoisotopic (exact) mass is 389 g/mol. The summed E-state index contributed by atoms with van der Waals surface area (Å²) in [5.41, 5.74) is 0.668. The molecule has 2 heterocycles. The summed E-state index contributed by atoms with van der Waals surface area (Å²) in [5.74, 6) is 0.971. The molecule has 142 valence electrons. The number of methoxy groups -OCH3 is 1. The lowest BCUT2D eigenvalue weighted by molar-refractivity contribution is 0.0752. The molecule has 0 fully saturated rings. The van der Waals surface area contributed by atoms with E-state index in [4.69, 9.17) is 9.15 Å². The fourth-order valence-corrected chi connectivity index (χ4v) is 3.37. The first-order valence-electron chi connectivity index (χ1n) is 8.24. The van der Waals surface area contributed by atoms with Crippen molar-refractivity contribution in [3.8, 4) is 5.75 Å². The van der Waals surface area contributed by atoms with E-state index in [0.29, 0.717) is 17.1 Å². The summed E-state index contributed by atoms with van der Waals surface area (Å²) in [6.07, 6.45) is 3.60. The van der Waals surface area contributed by atoms with Crippen molar-refractivity contribution < 1.29 is 18.3 Å². The van der Waals surface area contributed by atoms with Gasteiger partial charge in [0.15, 0.2) is 22.5 Å². The van der Waals surface area contributed by atoms with Crippen molar-refractivity contribution in [3.63, 3.8) is 0 Å². The van der Waals surface area contributed by atoms with E-state index < -0.39 is 5.82 Å². The summed E-state index contributed by atoms with van der Waals surface area (Å²) in [6, 6.07) is 8.07. The zero-order valence-electron chi connectivity index (χ0n) is 15.3. The second-order valence-corrected chi connectivity index (χ2v) is 6.95. The number of aromatic nitrogens is 2. The Morgan fingerprint density at radius 3 is 2.85 bits per heavy atom. The quantitative estimate of drug-likeness (QED) is 0.577. The van der Waals surface area contributed by atoms with Crippen LogP contribution in [-0.4, -0.2) is 34.5 Å². The second kappa shape index (κ2) is 8.30. The Labute approximate surface area is 160 Å². The number of halogens is 1. The maximum absolute atomic E-state index is 13.8. The van der Waals surface area contributed by atoms with E-state index in [0.717, 1.165) is 5.16 Å². The highest BCUT2D eigenvalue weighted by molar-refractivity contribution is 7.98. The number of nitrogens with zero attached hydrogens (tertiary/aromatic N) is 3. The van der Waals surface area contributed by atoms with Crippen molar-refractivity contribution in [2.24, 2.45) is 7.05 Å². The first kappa shape index (κ1) is 19.0. The van der Waals surface area contributed by atoms with Crippen molar-refractivity contribution in [1.29, 1.82) is 0 Å². The van der Waals surface area contributed by atoms with Crippen LogP contribution in [0.4, 0.5) is 4.39 Å². The Hall–Kier alpha value is -2.74. The van der Waals surface area contributed by atoms with Crippen molar-refractivity contribution in [2.75, 3.05) is 14.2 Å². The largest absolute Gasteiger partial charge is 0.494 e. The molecule has 0 saturated carbocycles. The van der Waals surface area contributed by atoms with E-state index in [1.165, 1.54) is 29.8 Å². The van der Waals surface area contributed by atoms with Crippen LogP contribution in [0.15, 0.2) is 52.3 Å². The first-order chi connectivity index (χ1) is 13.0. The zero-order chi connectivity index (χ0) is 19.4. The topological polar surface area (TPSA) is 60.5 Å².